The van der Waals surface area contributed by atoms with E-state index in [1.165, 1.54) is 11.3 Å². The van der Waals surface area contributed by atoms with Gasteiger partial charge in [-0.1, -0.05) is 0 Å². The van der Waals surface area contributed by atoms with Crippen LogP contribution in [0.1, 0.15) is 21.8 Å². The summed E-state index contributed by atoms with van der Waals surface area (Å²) in [5.41, 5.74) is 4.11. The number of hydrogen-bond acceptors (Lipinski definition) is 5. The van der Waals surface area contributed by atoms with Crippen LogP contribution in [0.2, 0.25) is 0 Å². The molecule has 0 saturated carbocycles. The Labute approximate surface area is 151 Å². The van der Waals surface area contributed by atoms with Gasteiger partial charge in [-0.3, -0.25) is 4.68 Å². The maximum absolute atomic E-state index is 12.9. The molecule has 2 aromatic heterocycles. The Morgan fingerprint density at radius 2 is 1.92 bits per heavy atom. The third kappa shape index (κ3) is 3.81. The van der Waals surface area contributed by atoms with E-state index in [-0.39, 0.29) is 11.4 Å². The largest absolute Gasteiger partial charge is 0.275 e. The van der Waals surface area contributed by atoms with Gasteiger partial charge in [0.15, 0.2) is 0 Å². The summed E-state index contributed by atoms with van der Waals surface area (Å²) >= 11 is 1.50. The number of rotatable bonds is 5. The molecule has 0 spiro atoms. The van der Waals surface area contributed by atoms with Gasteiger partial charge in [0, 0.05) is 29.8 Å². The van der Waals surface area contributed by atoms with Crippen LogP contribution in [0.15, 0.2) is 34.8 Å². The zero-order valence-electron chi connectivity index (χ0n) is 14.6. The van der Waals surface area contributed by atoms with Crippen LogP contribution in [-0.4, -0.2) is 23.2 Å². The second-order valence-corrected chi connectivity index (χ2v) is 8.82. The van der Waals surface area contributed by atoms with Gasteiger partial charge < -0.3 is 0 Å². The first kappa shape index (κ1) is 17.8. The maximum atomic E-state index is 12.9. The number of thiazole rings is 1. The minimum atomic E-state index is -3.68. The van der Waals surface area contributed by atoms with Crippen LogP contribution in [0.25, 0.3) is 11.1 Å². The first-order valence-corrected chi connectivity index (χ1v) is 10.1. The molecule has 0 unspecified atom stereocenters. The lowest BCUT2D eigenvalue weighted by Crippen LogP contribution is -2.24. The van der Waals surface area contributed by atoms with Gasteiger partial charge in [0.2, 0.25) is 10.0 Å². The molecule has 3 rings (SSSR count). The van der Waals surface area contributed by atoms with Gasteiger partial charge >= 0.3 is 0 Å². The summed E-state index contributed by atoms with van der Waals surface area (Å²) in [6.45, 7) is 5.95. The second-order valence-electron chi connectivity index (χ2n) is 6.02. The average molecular weight is 377 g/mol. The third-order valence-corrected chi connectivity index (χ3v) is 6.27. The number of sulfonamides is 1. The molecule has 1 aromatic carbocycles. The Morgan fingerprint density at radius 3 is 2.52 bits per heavy atom. The van der Waals surface area contributed by atoms with Crippen LogP contribution < -0.4 is 4.72 Å². The molecule has 0 bridgehead atoms. The molecule has 0 atom stereocenters. The van der Waals surface area contributed by atoms with Crippen LogP contribution in [0.5, 0.6) is 0 Å². The van der Waals surface area contributed by atoms with Gasteiger partial charge in [0.1, 0.15) is 0 Å². The van der Waals surface area contributed by atoms with Crippen LogP contribution >= 0.6 is 11.3 Å². The molecule has 0 aliphatic carbocycles. The van der Waals surface area contributed by atoms with Crippen molar-refractivity contribution in [3.05, 3.63) is 51.7 Å². The fraction of sp³-hybridized carbons (Fsp3) is 0.294. The minimum Gasteiger partial charge on any atom is -0.275 e. The summed E-state index contributed by atoms with van der Waals surface area (Å²) in [5, 5.41) is 6.93. The Bertz CT molecular complexity index is 1020. The van der Waals surface area contributed by atoms with E-state index >= 15 is 0 Å². The Balaban J connectivity index is 2.00. The van der Waals surface area contributed by atoms with Gasteiger partial charge in [-0.25, -0.2) is 18.1 Å². The van der Waals surface area contributed by atoms with Crippen LogP contribution in [-0.2, 0) is 23.6 Å². The highest BCUT2D eigenvalue weighted by atomic mass is 32.2. The highest BCUT2D eigenvalue weighted by molar-refractivity contribution is 7.89. The van der Waals surface area contributed by atoms with E-state index < -0.39 is 10.0 Å². The monoisotopic (exact) mass is 376 g/mol. The summed E-state index contributed by atoms with van der Waals surface area (Å²) in [6, 6.07) is 3.61. The van der Waals surface area contributed by atoms with Crippen LogP contribution in [0.3, 0.4) is 0 Å². The predicted molar refractivity (Wildman–Crippen MR) is 99.0 cm³/mol. The van der Waals surface area contributed by atoms with Gasteiger partial charge in [-0.2, -0.15) is 5.10 Å². The summed E-state index contributed by atoms with van der Waals surface area (Å²) in [5.74, 6) is 0. The summed E-state index contributed by atoms with van der Waals surface area (Å²) in [6.07, 6.45) is 3.49. The smallest absolute Gasteiger partial charge is 0.241 e. The fourth-order valence-electron chi connectivity index (χ4n) is 2.53. The van der Waals surface area contributed by atoms with Crippen molar-refractivity contribution in [1.82, 2.24) is 19.5 Å². The minimum absolute atomic E-state index is 0.173. The van der Waals surface area contributed by atoms with E-state index in [1.54, 1.807) is 16.9 Å². The number of aromatic nitrogens is 3. The molecule has 0 fully saturated rings. The van der Waals surface area contributed by atoms with Gasteiger partial charge in [0.25, 0.3) is 0 Å². The SMILES string of the molecule is Cc1nc(CNS(=O)(=O)c2cc(C)c(C)cc2-c2cnn(C)c2)cs1. The summed E-state index contributed by atoms with van der Waals surface area (Å²) in [4.78, 5) is 4.56. The lowest BCUT2D eigenvalue weighted by molar-refractivity contribution is 0.580. The molecule has 0 aliphatic heterocycles. The van der Waals surface area contributed by atoms with E-state index in [2.05, 4.69) is 14.8 Å². The standard InChI is InChI=1S/C17H20N4O2S2/c1-11-5-16(14-7-18-21(4)9-14)17(6-12(11)2)25(22,23)19-8-15-10-24-13(3)20-15/h5-7,9-10,19H,8H2,1-4H3. The lowest BCUT2D eigenvalue weighted by atomic mass is 10.0. The molecule has 25 heavy (non-hydrogen) atoms. The molecule has 3 aromatic rings. The Morgan fingerprint density at radius 1 is 1.20 bits per heavy atom. The van der Waals surface area contributed by atoms with Crippen molar-refractivity contribution < 1.29 is 8.42 Å². The number of nitrogens with one attached hydrogen (secondary N) is 1. The zero-order valence-corrected chi connectivity index (χ0v) is 16.2. The first-order valence-electron chi connectivity index (χ1n) is 7.77. The highest BCUT2D eigenvalue weighted by Crippen LogP contribution is 2.30. The fourth-order valence-corrected chi connectivity index (χ4v) is 4.44. The molecule has 2 heterocycles. The molecule has 1 N–H and O–H groups in total. The van der Waals surface area contributed by atoms with Crippen molar-refractivity contribution in [2.24, 2.45) is 7.05 Å². The van der Waals surface area contributed by atoms with Gasteiger partial charge in [-0.05, 0) is 44.0 Å². The highest BCUT2D eigenvalue weighted by Gasteiger charge is 2.21. The van der Waals surface area contributed by atoms with E-state index in [0.29, 0.717) is 5.56 Å². The molecule has 6 nitrogen and oxygen atoms in total. The van der Waals surface area contributed by atoms with Crippen molar-refractivity contribution in [2.75, 3.05) is 0 Å². The van der Waals surface area contributed by atoms with Crippen molar-refractivity contribution in [1.29, 1.82) is 0 Å². The average Bonchev–Trinajstić information content (AvgIpc) is 3.16. The Kier molecular flexibility index (Phi) is 4.77. The number of nitrogens with zero attached hydrogens (tertiary/aromatic N) is 3. The maximum Gasteiger partial charge on any atom is 0.241 e. The molecule has 8 heteroatoms. The van der Waals surface area contributed by atoms with Crippen LogP contribution in [0.4, 0.5) is 0 Å². The Hall–Kier alpha value is -2.03. The van der Waals surface area contributed by atoms with Crippen molar-refractivity contribution in [3.8, 4) is 11.1 Å². The van der Waals surface area contributed by atoms with Crippen molar-refractivity contribution in [2.45, 2.75) is 32.2 Å². The van der Waals surface area contributed by atoms with Crippen molar-refractivity contribution >= 4 is 21.4 Å². The number of benzene rings is 1. The van der Waals surface area contributed by atoms with Gasteiger partial charge in [0.05, 0.1) is 28.3 Å². The van der Waals surface area contributed by atoms with E-state index in [0.717, 1.165) is 27.4 Å². The van der Waals surface area contributed by atoms with Crippen molar-refractivity contribution in [3.63, 3.8) is 0 Å². The topological polar surface area (TPSA) is 76.9 Å². The van der Waals surface area contributed by atoms with E-state index in [4.69, 9.17) is 0 Å². The summed E-state index contributed by atoms with van der Waals surface area (Å²) < 4.78 is 30.1. The predicted octanol–water partition coefficient (Wildman–Crippen LogP) is 2.95. The molecule has 0 saturated heterocycles. The van der Waals surface area contributed by atoms with Gasteiger partial charge in [-0.15, -0.1) is 11.3 Å². The first-order chi connectivity index (χ1) is 11.8. The third-order valence-electron chi connectivity index (χ3n) is 4.01. The molecular formula is C17H20N4O2S2. The lowest BCUT2D eigenvalue weighted by Gasteiger charge is -2.13. The molecule has 132 valence electrons. The zero-order chi connectivity index (χ0) is 18.2. The molecule has 0 amide bonds. The summed E-state index contributed by atoms with van der Waals surface area (Å²) in [7, 11) is -1.87. The van der Waals surface area contributed by atoms with E-state index in [1.807, 2.05) is 45.5 Å². The number of hydrogen-bond donors (Lipinski definition) is 1. The van der Waals surface area contributed by atoms with Crippen LogP contribution in [0, 0.1) is 20.8 Å². The number of aryl methyl sites for hydroxylation is 4. The normalized spacial score (nSPS) is 11.8. The molecular weight excluding hydrogens is 356 g/mol. The van der Waals surface area contributed by atoms with E-state index in [9.17, 15) is 8.42 Å². The molecule has 0 aliphatic rings. The quantitative estimate of drug-likeness (QED) is 0.743. The molecule has 0 radical (unpaired) electrons. The second kappa shape index (κ2) is 6.70.